The van der Waals surface area contributed by atoms with E-state index in [1.807, 2.05) is 19.9 Å². The average Bonchev–Trinajstić information content (AvgIpc) is 2.74. The molecule has 0 aromatic heterocycles. The summed E-state index contributed by atoms with van der Waals surface area (Å²) >= 11 is 0. The highest BCUT2D eigenvalue weighted by Gasteiger charge is 2.42. The number of carbonyl (C=O) groups is 3. The van der Waals surface area contributed by atoms with E-state index in [1.165, 1.54) is 14.2 Å². The molecule has 0 radical (unpaired) electrons. The zero-order valence-corrected chi connectivity index (χ0v) is 14.3. The van der Waals surface area contributed by atoms with Gasteiger partial charge in [0.2, 0.25) is 5.91 Å². The first-order valence-corrected chi connectivity index (χ1v) is 7.30. The van der Waals surface area contributed by atoms with E-state index in [2.05, 4.69) is 14.8 Å². The predicted molar refractivity (Wildman–Crippen MR) is 88.6 cm³/mol. The minimum atomic E-state index is -0.703. The zero-order chi connectivity index (χ0) is 18.1. The van der Waals surface area contributed by atoms with E-state index >= 15 is 0 Å². The summed E-state index contributed by atoms with van der Waals surface area (Å²) in [7, 11) is 4.13. The Bertz CT molecular complexity index is 736. The number of anilines is 2. The van der Waals surface area contributed by atoms with Crippen LogP contribution in [-0.4, -0.2) is 39.1 Å². The molecule has 0 spiro atoms. The molecule has 0 bridgehead atoms. The molecule has 1 aliphatic heterocycles. The Morgan fingerprint density at radius 1 is 1.21 bits per heavy atom. The first-order chi connectivity index (χ1) is 11.2. The van der Waals surface area contributed by atoms with Gasteiger partial charge in [-0.25, -0.2) is 9.59 Å². The van der Waals surface area contributed by atoms with E-state index in [0.29, 0.717) is 5.69 Å². The molecule has 1 N–H and O–H groups in total. The highest BCUT2D eigenvalue weighted by molar-refractivity contribution is 6.08. The van der Waals surface area contributed by atoms with Gasteiger partial charge in [0.25, 0.3) is 0 Å². The molecule has 0 aliphatic carbocycles. The minimum Gasteiger partial charge on any atom is -0.466 e. The number of carbonyl (C=O) groups excluding carboxylic acids is 3. The number of hydrogen-bond acceptors (Lipinski definition) is 6. The number of amides is 1. The third-order valence-electron chi connectivity index (χ3n) is 4.02. The maximum atomic E-state index is 12.3. The van der Waals surface area contributed by atoms with E-state index in [4.69, 9.17) is 0 Å². The van der Waals surface area contributed by atoms with Crippen molar-refractivity contribution in [1.82, 2.24) is 0 Å². The standard InChI is InChI=1S/C17H20N2O5/c1-17(2)11-7-6-10(8-13(11)19(3)16(17)22)18-12(15(21)24-5)9-14(20)23-4/h6-9,18H,1-5H3/b12-9+. The lowest BCUT2D eigenvalue weighted by molar-refractivity contribution is -0.138. The molecule has 0 atom stereocenters. The van der Waals surface area contributed by atoms with E-state index < -0.39 is 17.4 Å². The number of fused-ring (bicyclic) bond motifs is 1. The Kier molecular flexibility index (Phi) is 4.64. The Labute approximate surface area is 140 Å². The normalized spacial score (nSPS) is 15.8. The fourth-order valence-electron chi connectivity index (χ4n) is 2.65. The molecule has 0 fully saturated rings. The molecule has 1 aromatic rings. The monoisotopic (exact) mass is 332 g/mol. The van der Waals surface area contributed by atoms with Crippen LogP contribution in [0.3, 0.4) is 0 Å². The largest absolute Gasteiger partial charge is 0.466 e. The van der Waals surface area contributed by atoms with Crippen molar-refractivity contribution in [3.63, 3.8) is 0 Å². The molecule has 128 valence electrons. The summed E-state index contributed by atoms with van der Waals surface area (Å²) in [6, 6.07) is 5.31. The SMILES string of the molecule is COC(=O)/C=C(/Nc1ccc2c(c1)N(C)C(=O)C2(C)C)C(=O)OC. The molecule has 1 amide bonds. The summed E-state index contributed by atoms with van der Waals surface area (Å²) in [5, 5.41) is 2.84. The number of esters is 2. The van der Waals surface area contributed by atoms with Crippen LogP contribution in [0.25, 0.3) is 0 Å². The van der Waals surface area contributed by atoms with Crippen LogP contribution in [0.15, 0.2) is 30.0 Å². The highest BCUT2D eigenvalue weighted by atomic mass is 16.5. The first kappa shape index (κ1) is 17.5. The summed E-state index contributed by atoms with van der Waals surface area (Å²) in [4.78, 5) is 37.1. The van der Waals surface area contributed by atoms with Crippen LogP contribution in [0.5, 0.6) is 0 Å². The number of rotatable bonds is 4. The van der Waals surface area contributed by atoms with Crippen molar-refractivity contribution in [2.45, 2.75) is 19.3 Å². The molecule has 1 aromatic carbocycles. The summed E-state index contributed by atoms with van der Waals surface area (Å²) in [6.07, 6.45) is 1.01. The van der Waals surface area contributed by atoms with Crippen LogP contribution in [0, 0.1) is 0 Å². The van der Waals surface area contributed by atoms with Crippen LogP contribution in [0.4, 0.5) is 11.4 Å². The molecular weight excluding hydrogens is 312 g/mol. The second-order valence-corrected chi connectivity index (χ2v) is 5.92. The van der Waals surface area contributed by atoms with Gasteiger partial charge in [-0.15, -0.1) is 0 Å². The van der Waals surface area contributed by atoms with Crippen molar-refractivity contribution in [3.05, 3.63) is 35.5 Å². The molecule has 1 aliphatic rings. The van der Waals surface area contributed by atoms with Crippen LogP contribution < -0.4 is 10.2 Å². The van der Waals surface area contributed by atoms with Crippen molar-refractivity contribution >= 4 is 29.2 Å². The fraction of sp³-hybridized carbons (Fsp3) is 0.353. The number of methoxy groups -OCH3 is 2. The fourth-order valence-corrected chi connectivity index (χ4v) is 2.65. The van der Waals surface area contributed by atoms with Crippen LogP contribution in [0.2, 0.25) is 0 Å². The molecule has 0 unspecified atom stereocenters. The van der Waals surface area contributed by atoms with Gasteiger partial charge in [-0.05, 0) is 31.5 Å². The number of likely N-dealkylation sites (N-methyl/N-ethyl adjacent to an activating group) is 1. The molecule has 7 heteroatoms. The maximum Gasteiger partial charge on any atom is 0.354 e. The smallest absolute Gasteiger partial charge is 0.354 e. The van der Waals surface area contributed by atoms with Gasteiger partial charge in [0.15, 0.2) is 0 Å². The molecule has 0 saturated carbocycles. The molecule has 2 rings (SSSR count). The lowest BCUT2D eigenvalue weighted by Gasteiger charge is -2.16. The van der Waals surface area contributed by atoms with E-state index in [9.17, 15) is 14.4 Å². The van der Waals surface area contributed by atoms with Crippen molar-refractivity contribution < 1.29 is 23.9 Å². The van der Waals surface area contributed by atoms with Gasteiger partial charge < -0.3 is 19.7 Å². The second kappa shape index (κ2) is 6.35. The zero-order valence-electron chi connectivity index (χ0n) is 14.3. The van der Waals surface area contributed by atoms with E-state index in [0.717, 1.165) is 17.3 Å². The molecular formula is C17H20N2O5. The Morgan fingerprint density at radius 2 is 1.88 bits per heavy atom. The van der Waals surface area contributed by atoms with Gasteiger partial charge in [0, 0.05) is 18.4 Å². The number of benzene rings is 1. The van der Waals surface area contributed by atoms with Crippen LogP contribution in [0.1, 0.15) is 19.4 Å². The van der Waals surface area contributed by atoms with Crippen molar-refractivity contribution in [3.8, 4) is 0 Å². The average molecular weight is 332 g/mol. The summed E-state index contributed by atoms with van der Waals surface area (Å²) in [6.45, 7) is 3.73. The highest BCUT2D eigenvalue weighted by Crippen LogP contribution is 2.42. The number of hydrogen-bond donors (Lipinski definition) is 1. The van der Waals surface area contributed by atoms with Gasteiger partial charge >= 0.3 is 11.9 Å². The number of ether oxygens (including phenoxy) is 2. The van der Waals surface area contributed by atoms with Crippen LogP contribution in [-0.2, 0) is 29.3 Å². The summed E-state index contributed by atoms with van der Waals surface area (Å²) in [5.74, 6) is -1.39. The third kappa shape index (κ3) is 2.97. The number of nitrogens with one attached hydrogen (secondary N) is 1. The second-order valence-electron chi connectivity index (χ2n) is 5.92. The predicted octanol–water partition coefficient (Wildman–Crippen LogP) is 1.58. The molecule has 7 nitrogen and oxygen atoms in total. The molecule has 24 heavy (non-hydrogen) atoms. The Balaban J connectivity index is 2.38. The van der Waals surface area contributed by atoms with Gasteiger partial charge in [0.1, 0.15) is 5.70 Å². The Morgan fingerprint density at radius 3 is 2.46 bits per heavy atom. The van der Waals surface area contributed by atoms with Gasteiger partial charge in [-0.2, -0.15) is 0 Å². The van der Waals surface area contributed by atoms with Crippen molar-refractivity contribution in [2.24, 2.45) is 0 Å². The van der Waals surface area contributed by atoms with Crippen molar-refractivity contribution in [1.29, 1.82) is 0 Å². The third-order valence-corrected chi connectivity index (χ3v) is 4.02. The Hall–Kier alpha value is -2.83. The lowest BCUT2D eigenvalue weighted by Crippen LogP contribution is -2.33. The van der Waals surface area contributed by atoms with Gasteiger partial charge in [0.05, 0.1) is 25.7 Å². The molecule has 1 heterocycles. The quantitative estimate of drug-likeness (QED) is 0.666. The van der Waals surface area contributed by atoms with Crippen LogP contribution >= 0.6 is 0 Å². The van der Waals surface area contributed by atoms with Gasteiger partial charge in [-0.1, -0.05) is 6.07 Å². The first-order valence-electron chi connectivity index (χ1n) is 7.30. The summed E-state index contributed by atoms with van der Waals surface area (Å²) in [5.41, 5.74) is 1.53. The van der Waals surface area contributed by atoms with Crippen molar-refractivity contribution in [2.75, 3.05) is 31.5 Å². The minimum absolute atomic E-state index is 0.00653. The number of nitrogens with zero attached hydrogens (tertiary/aromatic N) is 1. The lowest BCUT2D eigenvalue weighted by atomic mass is 9.86. The summed E-state index contributed by atoms with van der Waals surface area (Å²) < 4.78 is 9.18. The molecule has 0 saturated heterocycles. The van der Waals surface area contributed by atoms with E-state index in [-0.39, 0.29) is 11.6 Å². The maximum absolute atomic E-state index is 12.3. The van der Waals surface area contributed by atoms with Gasteiger partial charge in [-0.3, -0.25) is 4.79 Å². The van der Waals surface area contributed by atoms with E-state index in [1.54, 1.807) is 24.1 Å². The topological polar surface area (TPSA) is 84.9 Å².